The Labute approximate surface area is 152 Å². The Hall–Kier alpha value is -2.86. The van der Waals surface area contributed by atoms with E-state index in [0.29, 0.717) is 11.3 Å². The van der Waals surface area contributed by atoms with Crippen molar-refractivity contribution in [3.05, 3.63) is 65.7 Å². The molecule has 0 aromatic heterocycles. The SMILES string of the molecule is CC(O)(CNC(=O)c1ccc(NC(=O)NC2CC2)cc1)c1ccccc1. The Kier molecular flexibility index (Phi) is 5.23. The predicted octanol–water partition coefficient (Wildman–Crippen LogP) is 2.61. The number of urea groups is 1. The van der Waals surface area contributed by atoms with Gasteiger partial charge in [0.05, 0.1) is 6.54 Å². The fraction of sp³-hybridized carbons (Fsp3) is 0.300. The molecule has 2 aromatic rings. The summed E-state index contributed by atoms with van der Waals surface area (Å²) in [6, 6.07) is 15.9. The first kappa shape index (κ1) is 17.9. The number of anilines is 1. The van der Waals surface area contributed by atoms with Crippen LogP contribution in [0.25, 0.3) is 0 Å². The minimum atomic E-state index is -1.15. The van der Waals surface area contributed by atoms with Gasteiger partial charge in [-0.2, -0.15) is 0 Å². The van der Waals surface area contributed by atoms with Gasteiger partial charge in [-0.25, -0.2) is 4.79 Å². The number of hydrogen-bond acceptors (Lipinski definition) is 3. The van der Waals surface area contributed by atoms with Crippen LogP contribution in [0, 0.1) is 0 Å². The lowest BCUT2D eigenvalue weighted by Crippen LogP contribution is -2.38. The average molecular weight is 353 g/mol. The van der Waals surface area contributed by atoms with Crippen molar-refractivity contribution in [2.24, 2.45) is 0 Å². The molecule has 1 fully saturated rings. The van der Waals surface area contributed by atoms with Crippen LogP contribution in [0.5, 0.6) is 0 Å². The molecule has 6 nitrogen and oxygen atoms in total. The molecule has 1 aliphatic carbocycles. The summed E-state index contributed by atoms with van der Waals surface area (Å²) in [4.78, 5) is 24.0. The number of carbonyl (C=O) groups excluding carboxylic acids is 2. The Morgan fingerprint density at radius 2 is 1.73 bits per heavy atom. The van der Waals surface area contributed by atoms with Crippen LogP contribution >= 0.6 is 0 Å². The lowest BCUT2D eigenvalue weighted by Gasteiger charge is -2.24. The summed E-state index contributed by atoms with van der Waals surface area (Å²) >= 11 is 0. The van der Waals surface area contributed by atoms with E-state index in [1.807, 2.05) is 30.3 Å². The monoisotopic (exact) mass is 353 g/mol. The van der Waals surface area contributed by atoms with Crippen molar-refractivity contribution in [1.29, 1.82) is 0 Å². The highest BCUT2D eigenvalue weighted by atomic mass is 16.3. The molecule has 1 saturated carbocycles. The Balaban J connectivity index is 1.53. The van der Waals surface area contributed by atoms with E-state index in [1.54, 1.807) is 31.2 Å². The maximum absolute atomic E-state index is 12.3. The number of nitrogens with one attached hydrogen (secondary N) is 3. The van der Waals surface area contributed by atoms with Gasteiger partial charge < -0.3 is 21.1 Å². The number of rotatable bonds is 6. The van der Waals surface area contributed by atoms with Crippen molar-refractivity contribution in [3.63, 3.8) is 0 Å². The Morgan fingerprint density at radius 3 is 2.35 bits per heavy atom. The number of carbonyl (C=O) groups is 2. The van der Waals surface area contributed by atoms with Crippen LogP contribution in [0.15, 0.2) is 54.6 Å². The van der Waals surface area contributed by atoms with Crippen LogP contribution in [-0.4, -0.2) is 29.6 Å². The molecule has 6 heteroatoms. The van der Waals surface area contributed by atoms with Crippen LogP contribution in [0.1, 0.15) is 35.7 Å². The summed E-state index contributed by atoms with van der Waals surface area (Å²) in [5.41, 5.74) is 0.666. The van der Waals surface area contributed by atoms with Gasteiger partial charge in [-0.3, -0.25) is 4.79 Å². The second-order valence-corrected chi connectivity index (χ2v) is 6.77. The van der Waals surface area contributed by atoms with E-state index in [0.717, 1.165) is 18.4 Å². The van der Waals surface area contributed by atoms with E-state index >= 15 is 0 Å². The van der Waals surface area contributed by atoms with Crippen LogP contribution in [-0.2, 0) is 5.60 Å². The second kappa shape index (κ2) is 7.58. The first-order valence-corrected chi connectivity index (χ1v) is 8.68. The quantitative estimate of drug-likeness (QED) is 0.643. The van der Waals surface area contributed by atoms with Crippen LogP contribution in [0.4, 0.5) is 10.5 Å². The van der Waals surface area contributed by atoms with Crippen LogP contribution in [0.3, 0.4) is 0 Å². The topological polar surface area (TPSA) is 90.5 Å². The molecule has 2 aromatic carbocycles. The maximum atomic E-state index is 12.3. The highest BCUT2D eigenvalue weighted by Crippen LogP contribution is 2.20. The lowest BCUT2D eigenvalue weighted by molar-refractivity contribution is 0.0526. The van der Waals surface area contributed by atoms with Gasteiger partial charge in [0.25, 0.3) is 5.91 Å². The normalized spacial score (nSPS) is 15.6. The van der Waals surface area contributed by atoms with Crippen LogP contribution < -0.4 is 16.0 Å². The summed E-state index contributed by atoms with van der Waals surface area (Å²) in [6.07, 6.45) is 2.05. The first-order valence-electron chi connectivity index (χ1n) is 8.68. The molecule has 0 aliphatic heterocycles. The van der Waals surface area contributed by atoms with Crippen molar-refractivity contribution in [2.75, 3.05) is 11.9 Å². The average Bonchev–Trinajstić information content (AvgIpc) is 3.45. The van der Waals surface area contributed by atoms with Crippen molar-refractivity contribution >= 4 is 17.6 Å². The molecule has 0 radical (unpaired) electrons. The molecule has 3 rings (SSSR count). The van der Waals surface area contributed by atoms with Gasteiger partial charge in [-0.05, 0) is 49.6 Å². The van der Waals surface area contributed by atoms with E-state index in [1.165, 1.54) is 0 Å². The van der Waals surface area contributed by atoms with Gasteiger partial charge in [0.1, 0.15) is 5.60 Å². The molecular weight excluding hydrogens is 330 g/mol. The predicted molar refractivity (Wildman–Crippen MR) is 100.0 cm³/mol. The van der Waals surface area contributed by atoms with Gasteiger partial charge >= 0.3 is 6.03 Å². The molecule has 1 unspecified atom stereocenters. The number of amides is 3. The minimum absolute atomic E-state index is 0.0969. The minimum Gasteiger partial charge on any atom is -0.384 e. The number of benzene rings is 2. The molecule has 0 heterocycles. The maximum Gasteiger partial charge on any atom is 0.319 e. The Bertz CT molecular complexity index is 769. The summed E-state index contributed by atoms with van der Waals surface area (Å²) in [7, 11) is 0. The smallest absolute Gasteiger partial charge is 0.319 e. The molecular formula is C20H23N3O3. The third-order valence-electron chi connectivity index (χ3n) is 4.31. The fourth-order valence-electron chi connectivity index (χ4n) is 2.54. The zero-order valence-corrected chi connectivity index (χ0v) is 14.7. The largest absolute Gasteiger partial charge is 0.384 e. The molecule has 26 heavy (non-hydrogen) atoms. The van der Waals surface area contributed by atoms with Crippen molar-refractivity contribution in [1.82, 2.24) is 10.6 Å². The first-order chi connectivity index (χ1) is 12.4. The van der Waals surface area contributed by atoms with Gasteiger partial charge in [0.15, 0.2) is 0 Å². The van der Waals surface area contributed by atoms with Gasteiger partial charge in [-0.15, -0.1) is 0 Å². The standard InChI is InChI=1S/C20H23N3O3/c1-20(26,15-5-3-2-4-6-15)13-21-18(24)14-7-9-16(10-8-14)22-19(25)23-17-11-12-17/h2-10,17,26H,11-13H2,1H3,(H,21,24)(H2,22,23,25). The van der Waals surface area contributed by atoms with Crippen LogP contribution in [0.2, 0.25) is 0 Å². The van der Waals surface area contributed by atoms with E-state index in [9.17, 15) is 14.7 Å². The number of aliphatic hydroxyl groups is 1. The van der Waals surface area contributed by atoms with E-state index < -0.39 is 5.60 Å². The highest BCUT2D eigenvalue weighted by molar-refractivity contribution is 5.95. The summed E-state index contributed by atoms with van der Waals surface area (Å²) < 4.78 is 0. The van der Waals surface area contributed by atoms with Crippen molar-refractivity contribution in [2.45, 2.75) is 31.4 Å². The Morgan fingerprint density at radius 1 is 1.08 bits per heavy atom. The third kappa shape index (κ3) is 4.83. The van der Waals surface area contributed by atoms with Crippen molar-refractivity contribution < 1.29 is 14.7 Å². The molecule has 4 N–H and O–H groups in total. The zero-order chi connectivity index (χ0) is 18.6. The molecule has 0 spiro atoms. The highest BCUT2D eigenvalue weighted by Gasteiger charge is 2.24. The lowest BCUT2D eigenvalue weighted by atomic mass is 9.96. The van der Waals surface area contributed by atoms with E-state index in [2.05, 4.69) is 16.0 Å². The zero-order valence-electron chi connectivity index (χ0n) is 14.7. The van der Waals surface area contributed by atoms with Crippen molar-refractivity contribution in [3.8, 4) is 0 Å². The molecule has 1 aliphatic rings. The molecule has 1 atom stereocenters. The molecule has 3 amide bonds. The number of hydrogen-bond donors (Lipinski definition) is 4. The fourth-order valence-corrected chi connectivity index (χ4v) is 2.54. The van der Waals surface area contributed by atoms with Gasteiger partial charge in [0.2, 0.25) is 0 Å². The van der Waals surface area contributed by atoms with E-state index in [4.69, 9.17) is 0 Å². The summed E-state index contributed by atoms with van der Waals surface area (Å²) in [6.45, 7) is 1.76. The second-order valence-electron chi connectivity index (χ2n) is 6.77. The summed E-state index contributed by atoms with van der Waals surface area (Å²) in [5, 5.41) is 18.8. The summed E-state index contributed by atoms with van der Waals surface area (Å²) in [5.74, 6) is -0.282. The molecule has 0 saturated heterocycles. The van der Waals surface area contributed by atoms with E-state index in [-0.39, 0.29) is 24.5 Å². The van der Waals surface area contributed by atoms with Gasteiger partial charge in [0, 0.05) is 17.3 Å². The van der Waals surface area contributed by atoms with Gasteiger partial charge in [-0.1, -0.05) is 30.3 Å². The molecule has 0 bridgehead atoms. The molecule has 136 valence electrons. The third-order valence-corrected chi connectivity index (χ3v) is 4.31.